The number of hydrogen-bond donors (Lipinski definition) is 1. The summed E-state index contributed by atoms with van der Waals surface area (Å²) in [6.07, 6.45) is -4.40. The number of aromatic nitrogens is 2. The number of halogens is 5. The van der Waals surface area contributed by atoms with E-state index < -0.39 is 40.3 Å². The Balaban J connectivity index is 2.65. The molecule has 19 heavy (non-hydrogen) atoms. The lowest BCUT2D eigenvalue weighted by molar-refractivity contribution is -0.141. The van der Waals surface area contributed by atoms with Crippen molar-refractivity contribution in [1.82, 2.24) is 9.97 Å². The van der Waals surface area contributed by atoms with Gasteiger partial charge < -0.3 is 4.98 Å². The minimum atomic E-state index is -4.78. The van der Waals surface area contributed by atoms with Crippen LogP contribution in [0, 0.1) is 11.6 Å². The zero-order valence-corrected chi connectivity index (χ0v) is 9.05. The number of H-pyrrole nitrogens is 1. The maximum absolute atomic E-state index is 13.4. The normalized spacial score (nSPS) is 11.6. The molecule has 0 aliphatic carbocycles. The Bertz CT molecular complexity index is 678. The van der Waals surface area contributed by atoms with Crippen molar-refractivity contribution in [1.29, 1.82) is 0 Å². The van der Waals surface area contributed by atoms with Gasteiger partial charge in [-0.1, -0.05) is 0 Å². The van der Waals surface area contributed by atoms with Crippen LogP contribution < -0.4 is 5.56 Å². The molecule has 3 nitrogen and oxygen atoms in total. The van der Waals surface area contributed by atoms with Crippen molar-refractivity contribution in [2.24, 2.45) is 0 Å². The molecular weight excluding hydrogens is 271 g/mol. The number of benzene rings is 1. The fourth-order valence-electron chi connectivity index (χ4n) is 1.42. The van der Waals surface area contributed by atoms with Gasteiger partial charge in [-0.25, -0.2) is 13.8 Å². The number of nitrogens with zero attached hydrogens (tertiary/aromatic N) is 1. The molecule has 0 spiro atoms. The molecule has 1 aromatic carbocycles. The van der Waals surface area contributed by atoms with E-state index in [1.807, 2.05) is 4.98 Å². The van der Waals surface area contributed by atoms with E-state index in [-0.39, 0.29) is 0 Å². The van der Waals surface area contributed by atoms with Crippen molar-refractivity contribution >= 4 is 0 Å². The van der Waals surface area contributed by atoms with Gasteiger partial charge in [0.05, 0.1) is 0 Å². The van der Waals surface area contributed by atoms with Gasteiger partial charge in [0.2, 0.25) is 0 Å². The smallest absolute Gasteiger partial charge is 0.325 e. The van der Waals surface area contributed by atoms with Crippen molar-refractivity contribution in [2.75, 3.05) is 0 Å². The fraction of sp³-hybridized carbons (Fsp3) is 0.0909. The number of hydrogen-bond acceptors (Lipinski definition) is 2. The number of nitrogens with one attached hydrogen (secondary N) is 1. The average molecular weight is 276 g/mol. The molecule has 0 bridgehead atoms. The van der Waals surface area contributed by atoms with Crippen LogP contribution in [0.5, 0.6) is 0 Å². The summed E-state index contributed by atoms with van der Waals surface area (Å²) in [4.78, 5) is 16.3. The van der Waals surface area contributed by atoms with E-state index in [2.05, 4.69) is 4.98 Å². The molecule has 0 fully saturated rings. The summed E-state index contributed by atoms with van der Waals surface area (Å²) in [7, 11) is 0. The van der Waals surface area contributed by atoms with Crippen LogP contribution in [-0.2, 0) is 6.18 Å². The zero-order chi connectivity index (χ0) is 14.2. The van der Waals surface area contributed by atoms with Gasteiger partial charge in [0.25, 0.3) is 5.56 Å². The predicted octanol–water partition coefficient (Wildman–Crippen LogP) is 2.73. The SMILES string of the molecule is O=c1[nH]cc(C(F)(F)F)nc1-c1ccc(F)cc1F. The van der Waals surface area contributed by atoms with Gasteiger partial charge in [-0.05, 0) is 12.1 Å². The molecule has 1 aromatic heterocycles. The Morgan fingerprint density at radius 3 is 2.42 bits per heavy atom. The molecule has 0 aliphatic rings. The Labute approximate surface area is 102 Å². The Morgan fingerprint density at radius 2 is 1.84 bits per heavy atom. The predicted molar refractivity (Wildman–Crippen MR) is 55.2 cm³/mol. The molecule has 2 aromatic rings. The highest BCUT2D eigenvalue weighted by Gasteiger charge is 2.33. The van der Waals surface area contributed by atoms with Gasteiger partial charge in [0.15, 0.2) is 5.69 Å². The second kappa shape index (κ2) is 4.45. The van der Waals surface area contributed by atoms with Gasteiger partial charge in [-0.3, -0.25) is 4.79 Å². The number of aromatic amines is 1. The van der Waals surface area contributed by atoms with Crippen molar-refractivity contribution in [3.63, 3.8) is 0 Å². The molecule has 8 heteroatoms. The zero-order valence-electron chi connectivity index (χ0n) is 9.05. The van der Waals surface area contributed by atoms with Crippen LogP contribution in [0.25, 0.3) is 11.3 Å². The minimum Gasteiger partial charge on any atom is -0.325 e. The van der Waals surface area contributed by atoms with Crippen LogP contribution in [0.4, 0.5) is 22.0 Å². The van der Waals surface area contributed by atoms with Crippen molar-refractivity contribution in [2.45, 2.75) is 6.18 Å². The molecule has 1 heterocycles. The molecule has 1 N–H and O–H groups in total. The average Bonchev–Trinajstić information content (AvgIpc) is 2.29. The van der Waals surface area contributed by atoms with Crippen LogP contribution >= 0.6 is 0 Å². The van der Waals surface area contributed by atoms with Crippen LogP contribution in [0.15, 0.2) is 29.2 Å². The highest BCUT2D eigenvalue weighted by molar-refractivity contribution is 5.58. The lowest BCUT2D eigenvalue weighted by Gasteiger charge is -2.07. The molecule has 2 rings (SSSR count). The maximum atomic E-state index is 13.4. The summed E-state index contributed by atoms with van der Waals surface area (Å²) in [6, 6.07) is 2.12. The molecule has 0 unspecified atom stereocenters. The Hall–Kier alpha value is -2.25. The van der Waals surface area contributed by atoms with Crippen molar-refractivity contribution < 1.29 is 22.0 Å². The monoisotopic (exact) mass is 276 g/mol. The van der Waals surface area contributed by atoms with Crippen LogP contribution in [0.3, 0.4) is 0 Å². The third kappa shape index (κ3) is 2.61. The Morgan fingerprint density at radius 1 is 1.16 bits per heavy atom. The van der Waals surface area contributed by atoms with Crippen LogP contribution in [0.2, 0.25) is 0 Å². The molecule has 0 amide bonds. The summed E-state index contributed by atoms with van der Waals surface area (Å²) in [5, 5.41) is 0. The van der Waals surface area contributed by atoms with E-state index in [1.54, 1.807) is 0 Å². The quantitative estimate of drug-likeness (QED) is 0.814. The first kappa shape index (κ1) is 13.2. The lowest BCUT2D eigenvalue weighted by Crippen LogP contribution is -2.18. The minimum absolute atomic E-state index is 0.382. The highest BCUT2D eigenvalue weighted by Crippen LogP contribution is 2.28. The summed E-state index contributed by atoms with van der Waals surface area (Å²) in [5.74, 6) is -2.08. The third-order valence-corrected chi connectivity index (χ3v) is 2.26. The largest absolute Gasteiger partial charge is 0.434 e. The maximum Gasteiger partial charge on any atom is 0.434 e. The molecule has 0 saturated carbocycles. The van der Waals surface area contributed by atoms with E-state index >= 15 is 0 Å². The number of rotatable bonds is 1. The lowest BCUT2D eigenvalue weighted by atomic mass is 10.1. The third-order valence-electron chi connectivity index (χ3n) is 2.26. The first-order valence-electron chi connectivity index (χ1n) is 4.91. The van der Waals surface area contributed by atoms with E-state index in [4.69, 9.17) is 0 Å². The van der Waals surface area contributed by atoms with Gasteiger partial charge >= 0.3 is 6.18 Å². The highest BCUT2D eigenvalue weighted by atomic mass is 19.4. The summed E-state index contributed by atoms with van der Waals surface area (Å²) < 4.78 is 63.5. The van der Waals surface area contributed by atoms with E-state index in [9.17, 15) is 26.7 Å². The first-order valence-corrected chi connectivity index (χ1v) is 4.91. The standard InChI is InChI=1S/C11H5F5N2O/c12-5-1-2-6(7(13)3-5)9-10(19)17-4-8(18-9)11(14,15)16/h1-4H,(H,17,19). The van der Waals surface area contributed by atoms with Gasteiger partial charge in [-0.2, -0.15) is 13.2 Å². The second-order valence-electron chi connectivity index (χ2n) is 3.59. The molecule has 0 atom stereocenters. The van der Waals surface area contributed by atoms with Crippen LogP contribution in [-0.4, -0.2) is 9.97 Å². The van der Waals surface area contributed by atoms with E-state index in [0.29, 0.717) is 12.3 Å². The fourth-order valence-corrected chi connectivity index (χ4v) is 1.42. The van der Waals surface area contributed by atoms with Gasteiger partial charge in [-0.15, -0.1) is 0 Å². The van der Waals surface area contributed by atoms with Crippen molar-refractivity contribution in [3.8, 4) is 11.3 Å². The van der Waals surface area contributed by atoms with Crippen molar-refractivity contribution in [3.05, 3.63) is 52.1 Å². The molecular formula is C11H5F5N2O. The number of alkyl halides is 3. The summed E-state index contributed by atoms with van der Waals surface area (Å²) in [6.45, 7) is 0. The first-order chi connectivity index (χ1) is 8.79. The summed E-state index contributed by atoms with van der Waals surface area (Å²) >= 11 is 0. The Kier molecular flexibility index (Phi) is 3.09. The molecule has 100 valence electrons. The molecule has 0 saturated heterocycles. The van der Waals surface area contributed by atoms with E-state index in [0.717, 1.165) is 12.1 Å². The van der Waals surface area contributed by atoms with Gasteiger partial charge in [0, 0.05) is 17.8 Å². The molecule has 0 radical (unpaired) electrons. The van der Waals surface area contributed by atoms with Crippen LogP contribution in [0.1, 0.15) is 5.69 Å². The van der Waals surface area contributed by atoms with Gasteiger partial charge in [0.1, 0.15) is 17.3 Å². The molecule has 0 aliphatic heterocycles. The second-order valence-corrected chi connectivity index (χ2v) is 3.59. The van der Waals surface area contributed by atoms with E-state index in [1.165, 1.54) is 0 Å². The summed E-state index contributed by atoms with van der Waals surface area (Å²) in [5.41, 5.74) is -3.63. The topological polar surface area (TPSA) is 45.8 Å².